The van der Waals surface area contributed by atoms with Crippen molar-refractivity contribution in [1.29, 1.82) is 0 Å². The van der Waals surface area contributed by atoms with E-state index < -0.39 is 6.04 Å². The van der Waals surface area contributed by atoms with Crippen LogP contribution in [0.5, 0.6) is 0 Å². The second-order valence-electron chi connectivity index (χ2n) is 6.36. The van der Waals surface area contributed by atoms with Crippen LogP contribution >= 0.6 is 0 Å². The molecule has 1 aliphatic heterocycles. The quantitative estimate of drug-likeness (QED) is 0.646. The van der Waals surface area contributed by atoms with E-state index >= 15 is 0 Å². The van der Waals surface area contributed by atoms with Gasteiger partial charge in [-0.25, -0.2) is 0 Å². The van der Waals surface area contributed by atoms with Crippen LogP contribution in [0.1, 0.15) is 24.4 Å². The second kappa shape index (κ2) is 8.61. The average Bonchev–Trinajstić information content (AvgIpc) is 3.27. The first-order valence-corrected chi connectivity index (χ1v) is 8.79. The van der Waals surface area contributed by atoms with Gasteiger partial charge >= 0.3 is 0 Å². The van der Waals surface area contributed by atoms with Crippen LogP contribution in [-0.2, 0) is 22.7 Å². The molecule has 0 radical (unpaired) electrons. The van der Waals surface area contributed by atoms with Gasteiger partial charge in [0, 0.05) is 32.4 Å². The van der Waals surface area contributed by atoms with Crippen molar-refractivity contribution in [3.05, 3.63) is 36.0 Å². The van der Waals surface area contributed by atoms with Gasteiger partial charge in [0.2, 0.25) is 11.8 Å². The largest absolute Gasteiger partial charge is 0.465 e. The first-order chi connectivity index (χ1) is 12.6. The van der Waals surface area contributed by atoms with Crippen LogP contribution in [0.15, 0.2) is 28.9 Å². The zero-order valence-corrected chi connectivity index (χ0v) is 14.9. The Morgan fingerprint density at radius 3 is 3.08 bits per heavy atom. The van der Waals surface area contributed by atoms with Gasteiger partial charge in [0.15, 0.2) is 0 Å². The highest BCUT2D eigenvalue weighted by atomic mass is 16.3. The fraction of sp³-hybridized carbons (Fsp3) is 0.529. The predicted octanol–water partition coefficient (Wildman–Crippen LogP) is 0.0765. The molecule has 1 atom stereocenters. The number of aryl methyl sites for hydroxylation is 2. The number of carbonyl (C=O) groups excluding carboxylic acids is 2. The minimum atomic E-state index is -0.482. The summed E-state index contributed by atoms with van der Waals surface area (Å²) in [4.78, 5) is 26.5. The maximum Gasteiger partial charge on any atom is 0.237 e. The van der Waals surface area contributed by atoms with E-state index in [-0.39, 0.29) is 18.2 Å². The van der Waals surface area contributed by atoms with Crippen molar-refractivity contribution in [3.8, 4) is 0 Å². The maximum atomic E-state index is 12.2. The van der Waals surface area contributed by atoms with Crippen LogP contribution in [0.2, 0.25) is 0 Å². The summed E-state index contributed by atoms with van der Waals surface area (Å²) in [7, 11) is 0. The third kappa shape index (κ3) is 4.92. The van der Waals surface area contributed by atoms with Crippen LogP contribution in [0.25, 0.3) is 0 Å². The van der Waals surface area contributed by atoms with Gasteiger partial charge in [0.1, 0.15) is 11.5 Å². The van der Waals surface area contributed by atoms with Crippen molar-refractivity contribution in [1.82, 2.24) is 30.5 Å². The molecule has 3 heterocycles. The third-order valence-electron chi connectivity index (χ3n) is 4.33. The van der Waals surface area contributed by atoms with E-state index in [9.17, 15) is 9.59 Å². The molecule has 0 unspecified atom stereocenters. The number of rotatable bonds is 8. The normalized spacial score (nSPS) is 17.9. The summed E-state index contributed by atoms with van der Waals surface area (Å²) < 4.78 is 7.32. The second-order valence-corrected chi connectivity index (χ2v) is 6.36. The predicted molar refractivity (Wildman–Crippen MR) is 92.9 cm³/mol. The zero-order valence-electron chi connectivity index (χ0n) is 14.9. The molecule has 2 N–H and O–H groups in total. The highest BCUT2D eigenvalue weighted by Crippen LogP contribution is 2.15. The van der Waals surface area contributed by atoms with Gasteiger partial charge in [-0.1, -0.05) is 5.21 Å². The molecule has 0 aliphatic carbocycles. The van der Waals surface area contributed by atoms with E-state index in [4.69, 9.17) is 4.42 Å². The molecule has 26 heavy (non-hydrogen) atoms. The van der Waals surface area contributed by atoms with Crippen molar-refractivity contribution in [2.24, 2.45) is 0 Å². The SMILES string of the molecule is Cc1ccc(CN2CCNC(=O)[C@@H]2CC(=O)NCCCn2ccnn2)o1. The molecule has 1 saturated heterocycles. The maximum absolute atomic E-state index is 12.2. The van der Waals surface area contributed by atoms with Crippen molar-refractivity contribution in [2.75, 3.05) is 19.6 Å². The van der Waals surface area contributed by atoms with Gasteiger partial charge in [-0.2, -0.15) is 0 Å². The third-order valence-corrected chi connectivity index (χ3v) is 4.33. The number of hydrogen-bond donors (Lipinski definition) is 2. The molecule has 0 saturated carbocycles. The summed E-state index contributed by atoms with van der Waals surface area (Å²) in [6.07, 6.45) is 4.29. The molecular formula is C17H24N6O3. The topological polar surface area (TPSA) is 105 Å². The molecule has 9 nitrogen and oxygen atoms in total. The lowest BCUT2D eigenvalue weighted by Gasteiger charge is -2.34. The van der Waals surface area contributed by atoms with Gasteiger partial charge in [0.25, 0.3) is 0 Å². The zero-order chi connectivity index (χ0) is 18.4. The highest BCUT2D eigenvalue weighted by molar-refractivity contribution is 5.88. The van der Waals surface area contributed by atoms with Gasteiger partial charge in [-0.05, 0) is 25.5 Å². The summed E-state index contributed by atoms with van der Waals surface area (Å²) >= 11 is 0. The van der Waals surface area contributed by atoms with E-state index in [0.717, 1.165) is 17.9 Å². The smallest absolute Gasteiger partial charge is 0.237 e. The Morgan fingerprint density at radius 2 is 2.35 bits per heavy atom. The fourth-order valence-corrected chi connectivity index (χ4v) is 3.01. The van der Waals surface area contributed by atoms with Crippen molar-refractivity contribution >= 4 is 11.8 Å². The molecular weight excluding hydrogens is 336 g/mol. The molecule has 3 rings (SSSR count). The Hall–Kier alpha value is -2.68. The van der Waals surface area contributed by atoms with Crippen LogP contribution in [-0.4, -0.2) is 57.4 Å². The first-order valence-electron chi connectivity index (χ1n) is 8.79. The standard InChI is InChI=1S/C17H24N6O3/c1-13-3-4-14(26-13)12-22-9-6-19-17(25)15(22)11-16(24)18-5-2-8-23-10-7-20-21-23/h3-4,7,10,15H,2,5-6,8-9,11-12H2,1H3,(H,18,24)(H,19,25)/t15-/m0/s1. The molecule has 2 amide bonds. The van der Waals surface area contributed by atoms with Crippen LogP contribution in [0, 0.1) is 6.92 Å². The van der Waals surface area contributed by atoms with Crippen molar-refractivity contribution < 1.29 is 14.0 Å². The molecule has 0 bridgehead atoms. The van der Waals surface area contributed by atoms with Gasteiger partial charge in [-0.3, -0.25) is 19.2 Å². The molecule has 140 valence electrons. The minimum absolute atomic E-state index is 0.114. The Kier molecular flexibility index (Phi) is 6.00. The molecule has 1 aliphatic rings. The van der Waals surface area contributed by atoms with E-state index in [1.54, 1.807) is 17.1 Å². The molecule has 0 spiro atoms. The summed E-state index contributed by atoms with van der Waals surface area (Å²) in [5.41, 5.74) is 0. The highest BCUT2D eigenvalue weighted by Gasteiger charge is 2.32. The van der Waals surface area contributed by atoms with E-state index in [1.165, 1.54) is 0 Å². The summed E-state index contributed by atoms with van der Waals surface area (Å²) in [6.45, 7) is 4.89. The summed E-state index contributed by atoms with van der Waals surface area (Å²) in [5.74, 6) is 1.39. The summed E-state index contributed by atoms with van der Waals surface area (Å²) in [6, 6.07) is 3.32. The van der Waals surface area contributed by atoms with Crippen molar-refractivity contribution in [3.63, 3.8) is 0 Å². The number of amides is 2. The Balaban J connectivity index is 1.47. The molecule has 9 heteroatoms. The van der Waals surface area contributed by atoms with Crippen LogP contribution in [0.4, 0.5) is 0 Å². The van der Waals surface area contributed by atoms with Gasteiger partial charge in [-0.15, -0.1) is 5.10 Å². The lowest BCUT2D eigenvalue weighted by Crippen LogP contribution is -2.56. The number of nitrogens with zero attached hydrogens (tertiary/aromatic N) is 4. The lowest BCUT2D eigenvalue weighted by molar-refractivity contribution is -0.134. The lowest BCUT2D eigenvalue weighted by atomic mass is 10.1. The van der Waals surface area contributed by atoms with E-state index in [0.29, 0.717) is 32.7 Å². The molecule has 2 aromatic heterocycles. The summed E-state index contributed by atoms with van der Waals surface area (Å²) in [5, 5.41) is 13.3. The van der Waals surface area contributed by atoms with E-state index in [1.807, 2.05) is 24.0 Å². The number of aromatic nitrogens is 3. The number of hydrogen-bond acceptors (Lipinski definition) is 6. The number of furan rings is 1. The van der Waals surface area contributed by atoms with E-state index in [2.05, 4.69) is 20.9 Å². The van der Waals surface area contributed by atoms with Gasteiger partial charge < -0.3 is 15.1 Å². The number of nitrogens with one attached hydrogen (secondary N) is 2. The van der Waals surface area contributed by atoms with Crippen LogP contribution in [0.3, 0.4) is 0 Å². The van der Waals surface area contributed by atoms with Crippen molar-refractivity contribution in [2.45, 2.75) is 38.9 Å². The Morgan fingerprint density at radius 1 is 1.46 bits per heavy atom. The number of carbonyl (C=O) groups is 2. The Bertz CT molecular complexity index is 727. The van der Waals surface area contributed by atoms with Crippen LogP contribution < -0.4 is 10.6 Å². The molecule has 0 aromatic carbocycles. The van der Waals surface area contributed by atoms with Gasteiger partial charge in [0.05, 0.1) is 25.2 Å². The first kappa shape index (κ1) is 18.1. The molecule has 2 aromatic rings. The Labute approximate surface area is 151 Å². The average molecular weight is 360 g/mol. The monoisotopic (exact) mass is 360 g/mol. The minimum Gasteiger partial charge on any atom is -0.465 e. The number of piperazine rings is 1. The molecule has 1 fully saturated rings. The fourth-order valence-electron chi connectivity index (χ4n) is 3.01.